The molecule has 0 amide bonds. The molecule has 1 heterocycles. The maximum Gasteiger partial charge on any atom is 0.247 e. The lowest BCUT2D eigenvalue weighted by Gasteiger charge is -2.27. The first-order valence-corrected chi connectivity index (χ1v) is 10.5. The molecule has 1 aliphatic heterocycles. The van der Waals surface area contributed by atoms with Crippen LogP contribution >= 0.6 is 0 Å². The molecule has 2 fully saturated rings. The molecule has 1 saturated heterocycles. The van der Waals surface area contributed by atoms with E-state index in [1.165, 1.54) is 17.5 Å². The predicted molar refractivity (Wildman–Crippen MR) is 82.1 cm³/mol. The first-order valence-electron chi connectivity index (χ1n) is 7.22. The van der Waals surface area contributed by atoms with E-state index in [9.17, 15) is 16.8 Å². The van der Waals surface area contributed by atoms with E-state index in [-0.39, 0.29) is 28.2 Å². The SMILES string of the molecule is COc1ccccc1S(=O)(=O)N(C1CC1)[C@@H]1CCS(=O)(=O)C1. The molecule has 3 rings (SSSR count). The van der Waals surface area contributed by atoms with Gasteiger partial charge < -0.3 is 4.74 Å². The fourth-order valence-corrected chi connectivity index (χ4v) is 6.81. The Hall–Kier alpha value is -1.12. The van der Waals surface area contributed by atoms with Crippen LogP contribution in [0, 0.1) is 0 Å². The van der Waals surface area contributed by atoms with Crippen molar-refractivity contribution in [3.63, 3.8) is 0 Å². The second-order valence-electron chi connectivity index (χ2n) is 5.77. The lowest BCUT2D eigenvalue weighted by molar-refractivity contribution is 0.329. The monoisotopic (exact) mass is 345 g/mol. The molecule has 1 aliphatic carbocycles. The molecule has 122 valence electrons. The van der Waals surface area contributed by atoms with Crippen molar-refractivity contribution in [2.75, 3.05) is 18.6 Å². The van der Waals surface area contributed by atoms with E-state index in [4.69, 9.17) is 4.74 Å². The van der Waals surface area contributed by atoms with Crippen LogP contribution in [0.1, 0.15) is 19.3 Å². The van der Waals surface area contributed by atoms with Gasteiger partial charge in [-0.3, -0.25) is 0 Å². The molecule has 22 heavy (non-hydrogen) atoms. The van der Waals surface area contributed by atoms with Crippen molar-refractivity contribution in [1.29, 1.82) is 0 Å². The number of nitrogens with zero attached hydrogens (tertiary/aromatic N) is 1. The zero-order valence-electron chi connectivity index (χ0n) is 12.3. The Kier molecular flexibility index (Phi) is 3.94. The molecule has 2 aliphatic rings. The summed E-state index contributed by atoms with van der Waals surface area (Å²) < 4.78 is 56.1. The first-order chi connectivity index (χ1) is 10.3. The quantitative estimate of drug-likeness (QED) is 0.796. The molecule has 1 aromatic carbocycles. The van der Waals surface area contributed by atoms with E-state index in [2.05, 4.69) is 0 Å². The number of benzene rings is 1. The van der Waals surface area contributed by atoms with Crippen LogP contribution in [0.2, 0.25) is 0 Å². The van der Waals surface area contributed by atoms with Gasteiger partial charge in [-0.05, 0) is 31.4 Å². The Balaban J connectivity index is 2.01. The average molecular weight is 345 g/mol. The molecule has 1 atom stereocenters. The van der Waals surface area contributed by atoms with Gasteiger partial charge in [0, 0.05) is 12.1 Å². The first kappa shape index (κ1) is 15.8. The molecule has 0 bridgehead atoms. The van der Waals surface area contributed by atoms with Gasteiger partial charge in [-0.15, -0.1) is 0 Å². The number of ether oxygens (including phenoxy) is 1. The van der Waals surface area contributed by atoms with Gasteiger partial charge in [-0.25, -0.2) is 16.8 Å². The molecule has 0 radical (unpaired) electrons. The summed E-state index contributed by atoms with van der Waals surface area (Å²) in [6, 6.07) is 5.90. The summed E-state index contributed by atoms with van der Waals surface area (Å²) in [6.07, 6.45) is 1.93. The third-order valence-electron chi connectivity index (χ3n) is 4.10. The summed E-state index contributed by atoms with van der Waals surface area (Å²) in [5.41, 5.74) is 0. The van der Waals surface area contributed by atoms with Crippen LogP contribution in [-0.2, 0) is 19.9 Å². The molecule has 8 heteroatoms. The van der Waals surface area contributed by atoms with Gasteiger partial charge in [0.25, 0.3) is 0 Å². The zero-order chi connectivity index (χ0) is 16.0. The van der Waals surface area contributed by atoms with Crippen molar-refractivity contribution in [2.24, 2.45) is 0 Å². The normalized spacial score (nSPS) is 24.5. The average Bonchev–Trinajstić information content (AvgIpc) is 3.22. The van der Waals surface area contributed by atoms with Gasteiger partial charge in [-0.1, -0.05) is 12.1 Å². The minimum Gasteiger partial charge on any atom is -0.495 e. The van der Waals surface area contributed by atoms with Crippen LogP contribution in [0.25, 0.3) is 0 Å². The van der Waals surface area contributed by atoms with E-state index in [0.29, 0.717) is 6.42 Å². The van der Waals surface area contributed by atoms with Gasteiger partial charge >= 0.3 is 0 Å². The van der Waals surface area contributed by atoms with Crippen molar-refractivity contribution in [1.82, 2.24) is 4.31 Å². The van der Waals surface area contributed by atoms with Crippen LogP contribution in [-0.4, -0.2) is 51.8 Å². The zero-order valence-corrected chi connectivity index (χ0v) is 13.9. The number of rotatable bonds is 5. The smallest absolute Gasteiger partial charge is 0.247 e. The van der Waals surface area contributed by atoms with Crippen LogP contribution in [0.4, 0.5) is 0 Å². The summed E-state index contributed by atoms with van der Waals surface area (Å²) in [5.74, 6) is 0.259. The van der Waals surface area contributed by atoms with Crippen LogP contribution in [0.5, 0.6) is 5.75 Å². The third kappa shape index (κ3) is 2.87. The van der Waals surface area contributed by atoms with Crippen molar-refractivity contribution in [3.8, 4) is 5.75 Å². The Morgan fingerprint density at radius 2 is 1.82 bits per heavy atom. The summed E-state index contributed by atoms with van der Waals surface area (Å²) in [6.45, 7) is 0. The van der Waals surface area contributed by atoms with E-state index in [0.717, 1.165) is 12.8 Å². The summed E-state index contributed by atoms with van der Waals surface area (Å²) in [7, 11) is -5.49. The molecule has 0 unspecified atom stereocenters. The molecule has 0 aromatic heterocycles. The number of hydrogen-bond donors (Lipinski definition) is 0. The number of sulfone groups is 1. The van der Waals surface area contributed by atoms with Crippen LogP contribution < -0.4 is 4.74 Å². The minimum atomic E-state index is -3.77. The lowest BCUT2D eigenvalue weighted by Crippen LogP contribution is -2.42. The van der Waals surface area contributed by atoms with Gasteiger partial charge in [-0.2, -0.15) is 4.31 Å². The largest absolute Gasteiger partial charge is 0.495 e. The van der Waals surface area contributed by atoms with E-state index < -0.39 is 25.9 Å². The highest BCUT2D eigenvalue weighted by molar-refractivity contribution is 7.92. The topological polar surface area (TPSA) is 80.8 Å². The van der Waals surface area contributed by atoms with Gasteiger partial charge in [0.2, 0.25) is 10.0 Å². The maximum absolute atomic E-state index is 13.0. The van der Waals surface area contributed by atoms with Gasteiger partial charge in [0.15, 0.2) is 9.84 Å². The van der Waals surface area contributed by atoms with E-state index in [1.807, 2.05) is 0 Å². The van der Waals surface area contributed by atoms with Crippen LogP contribution in [0.15, 0.2) is 29.2 Å². The predicted octanol–water partition coefficient (Wildman–Crippen LogP) is 1.04. The molecule has 0 N–H and O–H groups in total. The highest BCUT2D eigenvalue weighted by atomic mass is 32.2. The van der Waals surface area contributed by atoms with Gasteiger partial charge in [0.1, 0.15) is 10.6 Å². The summed E-state index contributed by atoms with van der Waals surface area (Å²) in [4.78, 5) is 0.105. The number of hydrogen-bond acceptors (Lipinski definition) is 5. The molecular weight excluding hydrogens is 326 g/mol. The highest BCUT2D eigenvalue weighted by Crippen LogP contribution is 2.38. The van der Waals surface area contributed by atoms with Crippen molar-refractivity contribution < 1.29 is 21.6 Å². The Labute approximate surface area is 131 Å². The Morgan fingerprint density at radius 1 is 1.14 bits per heavy atom. The summed E-state index contributed by atoms with van der Waals surface area (Å²) in [5, 5.41) is 0. The second-order valence-corrected chi connectivity index (χ2v) is 9.81. The van der Waals surface area contributed by atoms with Gasteiger partial charge in [0.05, 0.1) is 18.6 Å². The Morgan fingerprint density at radius 3 is 2.36 bits per heavy atom. The molecule has 0 spiro atoms. The lowest BCUT2D eigenvalue weighted by atomic mass is 10.2. The molecular formula is C14H19NO5S2. The fourth-order valence-electron chi connectivity index (χ4n) is 2.94. The number of sulfonamides is 1. The van der Waals surface area contributed by atoms with Crippen molar-refractivity contribution >= 4 is 19.9 Å². The number of para-hydroxylation sites is 1. The molecule has 1 saturated carbocycles. The van der Waals surface area contributed by atoms with Crippen LogP contribution in [0.3, 0.4) is 0 Å². The highest BCUT2D eigenvalue weighted by Gasteiger charge is 2.46. The Bertz CT molecular complexity index is 768. The second kappa shape index (κ2) is 5.50. The number of methoxy groups -OCH3 is 1. The van der Waals surface area contributed by atoms with Crippen molar-refractivity contribution in [2.45, 2.75) is 36.2 Å². The third-order valence-corrected chi connectivity index (χ3v) is 7.89. The maximum atomic E-state index is 13.0. The van der Waals surface area contributed by atoms with E-state index in [1.54, 1.807) is 18.2 Å². The standard InChI is InChI=1S/C14H19NO5S2/c1-20-13-4-2-3-5-14(13)22(18,19)15(11-6-7-11)12-8-9-21(16,17)10-12/h2-5,11-12H,6-10H2,1H3/t12-/m1/s1. The molecule has 1 aromatic rings. The van der Waals surface area contributed by atoms with E-state index >= 15 is 0 Å². The van der Waals surface area contributed by atoms with Crippen molar-refractivity contribution in [3.05, 3.63) is 24.3 Å². The minimum absolute atomic E-state index is 0.0579. The fraction of sp³-hybridized carbons (Fsp3) is 0.571. The summed E-state index contributed by atoms with van der Waals surface area (Å²) >= 11 is 0. The molecule has 6 nitrogen and oxygen atoms in total.